The number of anilines is 2. The number of thiophene rings is 1. The summed E-state index contributed by atoms with van der Waals surface area (Å²) in [7, 11) is 0. The number of nitrogens with one attached hydrogen (secondary N) is 2. The molecule has 0 bridgehead atoms. The lowest BCUT2D eigenvalue weighted by Gasteiger charge is -2.12. The zero-order valence-corrected chi connectivity index (χ0v) is 20.8. The molecular weight excluding hydrogens is 488 g/mol. The van der Waals surface area contributed by atoms with Gasteiger partial charge in [0.05, 0.1) is 12.2 Å². The van der Waals surface area contributed by atoms with Gasteiger partial charge in [0, 0.05) is 21.2 Å². The Morgan fingerprint density at radius 1 is 0.971 bits per heavy atom. The van der Waals surface area contributed by atoms with Crippen LogP contribution in [-0.4, -0.2) is 31.0 Å². The van der Waals surface area contributed by atoms with Crippen molar-refractivity contribution < 1.29 is 23.9 Å². The maximum atomic E-state index is 12.6. The molecule has 0 spiro atoms. The Morgan fingerprint density at radius 3 is 2.40 bits per heavy atom. The fourth-order valence-electron chi connectivity index (χ4n) is 3.82. The SMILES string of the molecule is CCOC(=O)c1c(NC(=O)COc2ccc(C(=O)Nc3ccc(Cl)cc3)cc2)sc2c1CCCC2. The number of hydrogen-bond acceptors (Lipinski definition) is 6. The number of rotatable bonds is 8. The summed E-state index contributed by atoms with van der Waals surface area (Å²) >= 11 is 7.30. The van der Waals surface area contributed by atoms with E-state index in [1.807, 2.05) is 0 Å². The molecular formula is C26H25ClN2O5S. The van der Waals surface area contributed by atoms with Gasteiger partial charge in [-0.05, 0) is 86.7 Å². The third-order valence-corrected chi connectivity index (χ3v) is 6.95. The first-order valence-corrected chi connectivity index (χ1v) is 12.6. The molecule has 1 aromatic heterocycles. The second-order valence-corrected chi connectivity index (χ2v) is 9.50. The Balaban J connectivity index is 1.35. The highest BCUT2D eigenvalue weighted by Gasteiger charge is 2.27. The van der Waals surface area contributed by atoms with E-state index in [-0.39, 0.29) is 25.0 Å². The quantitative estimate of drug-likeness (QED) is 0.376. The van der Waals surface area contributed by atoms with E-state index in [0.717, 1.165) is 36.1 Å². The van der Waals surface area contributed by atoms with Crippen LogP contribution in [0.2, 0.25) is 5.02 Å². The van der Waals surface area contributed by atoms with Crippen LogP contribution in [0, 0.1) is 0 Å². The number of hydrogen-bond donors (Lipinski definition) is 2. The number of carbonyl (C=O) groups excluding carboxylic acids is 3. The Morgan fingerprint density at radius 2 is 1.69 bits per heavy atom. The van der Waals surface area contributed by atoms with Crippen LogP contribution in [0.5, 0.6) is 5.75 Å². The second-order valence-electron chi connectivity index (χ2n) is 7.96. The first kappa shape index (κ1) is 24.8. The molecule has 0 saturated carbocycles. The van der Waals surface area contributed by atoms with E-state index in [1.54, 1.807) is 55.5 Å². The average molecular weight is 513 g/mol. The van der Waals surface area contributed by atoms with Gasteiger partial charge in [0.1, 0.15) is 10.8 Å². The van der Waals surface area contributed by atoms with Crippen molar-refractivity contribution in [3.8, 4) is 5.75 Å². The highest BCUT2D eigenvalue weighted by molar-refractivity contribution is 7.17. The topological polar surface area (TPSA) is 93.7 Å². The van der Waals surface area contributed by atoms with Crippen LogP contribution in [-0.2, 0) is 22.4 Å². The van der Waals surface area contributed by atoms with Gasteiger partial charge in [0.2, 0.25) is 0 Å². The van der Waals surface area contributed by atoms with E-state index in [4.69, 9.17) is 21.1 Å². The van der Waals surface area contributed by atoms with Gasteiger partial charge in [-0.25, -0.2) is 4.79 Å². The minimum absolute atomic E-state index is 0.235. The molecule has 0 atom stereocenters. The molecule has 182 valence electrons. The van der Waals surface area contributed by atoms with Crippen LogP contribution in [0.3, 0.4) is 0 Å². The van der Waals surface area contributed by atoms with E-state index in [0.29, 0.717) is 32.6 Å². The van der Waals surface area contributed by atoms with Gasteiger partial charge in [-0.1, -0.05) is 11.6 Å². The van der Waals surface area contributed by atoms with Crippen LogP contribution < -0.4 is 15.4 Å². The molecule has 0 unspecified atom stereocenters. The van der Waals surface area contributed by atoms with Gasteiger partial charge < -0.3 is 20.1 Å². The van der Waals surface area contributed by atoms with Crippen LogP contribution >= 0.6 is 22.9 Å². The lowest BCUT2D eigenvalue weighted by molar-refractivity contribution is -0.118. The molecule has 35 heavy (non-hydrogen) atoms. The first-order valence-electron chi connectivity index (χ1n) is 11.4. The van der Waals surface area contributed by atoms with Crippen molar-refractivity contribution in [2.45, 2.75) is 32.6 Å². The van der Waals surface area contributed by atoms with Gasteiger partial charge in [-0.2, -0.15) is 0 Å². The van der Waals surface area contributed by atoms with E-state index in [2.05, 4.69) is 10.6 Å². The van der Waals surface area contributed by atoms with Gasteiger partial charge in [0.15, 0.2) is 6.61 Å². The Kier molecular flexibility index (Phi) is 8.05. The third kappa shape index (κ3) is 6.21. The molecule has 0 radical (unpaired) electrons. The summed E-state index contributed by atoms with van der Waals surface area (Å²) in [4.78, 5) is 38.7. The fraction of sp³-hybridized carbons (Fsp3) is 0.269. The molecule has 1 heterocycles. The van der Waals surface area contributed by atoms with E-state index in [1.165, 1.54) is 11.3 Å². The molecule has 0 saturated heterocycles. The number of halogens is 1. The summed E-state index contributed by atoms with van der Waals surface area (Å²) in [5.41, 5.74) is 2.54. The maximum Gasteiger partial charge on any atom is 0.341 e. The smallest absolute Gasteiger partial charge is 0.341 e. The summed E-state index contributed by atoms with van der Waals surface area (Å²) in [6.07, 6.45) is 3.79. The zero-order valence-electron chi connectivity index (χ0n) is 19.2. The van der Waals surface area contributed by atoms with Crippen LogP contribution in [0.15, 0.2) is 48.5 Å². The van der Waals surface area contributed by atoms with Crippen molar-refractivity contribution in [2.75, 3.05) is 23.8 Å². The van der Waals surface area contributed by atoms with Crippen LogP contribution in [0.25, 0.3) is 0 Å². The molecule has 7 nitrogen and oxygen atoms in total. The predicted octanol–water partition coefficient (Wildman–Crippen LogP) is 5.73. The number of carbonyl (C=O) groups is 3. The molecule has 0 aliphatic heterocycles. The van der Waals surface area contributed by atoms with Gasteiger partial charge >= 0.3 is 5.97 Å². The van der Waals surface area contributed by atoms with Gasteiger partial charge in [-0.3, -0.25) is 9.59 Å². The lowest BCUT2D eigenvalue weighted by atomic mass is 9.95. The van der Waals surface area contributed by atoms with Gasteiger partial charge in [0.25, 0.3) is 11.8 Å². The molecule has 2 amide bonds. The van der Waals surface area contributed by atoms with Crippen molar-refractivity contribution in [3.63, 3.8) is 0 Å². The highest BCUT2D eigenvalue weighted by Crippen LogP contribution is 2.38. The molecule has 9 heteroatoms. The average Bonchev–Trinajstić information content (AvgIpc) is 3.22. The standard InChI is InChI=1S/C26H25ClN2O5S/c1-2-33-26(32)23-20-5-3-4-6-21(20)35-25(23)29-22(30)15-34-19-13-7-16(8-14-19)24(31)28-18-11-9-17(27)10-12-18/h7-14H,2-6,15H2,1H3,(H,28,31)(H,29,30). The molecule has 4 rings (SSSR count). The number of benzene rings is 2. The minimum atomic E-state index is -0.407. The van der Waals surface area contributed by atoms with E-state index >= 15 is 0 Å². The highest BCUT2D eigenvalue weighted by atomic mass is 35.5. The lowest BCUT2D eigenvalue weighted by Crippen LogP contribution is -2.21. The van der Waals surface area contributed by atoms with Crippen molar-refractivity contribution in [2.24, 2.45) is 0 Å². The number of ether oxygens (including phenoxy) is 2. The largest absolute Gasteiger partial charge is 0.484 e. The van der Waals surface area contributed by atoms with Crippen LogP contribution in [0.1, 0.15) is 50.9 Å². The molecule has 2 aromatic carbocycles. The third-order valence-electron chi connectivity index (χ3n) is 5.49. The Labute approximate surface area is 212 Å². The summed E-state index contributed by atoms with van der Waals surface area (Å²) in [6, 6.07) is 13.3. The Bertz CT molecular complexity index is 1220. The number of amides is 2. The second kappa shape index (κ2) is 11.4. The monoisotopic (exact) mass is 512 g/mol. The molecule has 2 N–H and O–H groups in total. The molecule has 0 fully saturated rings. The summed E-state index contributed by atoms with van der Waals surface area (Å²) < 4.78 is 10.8. The predicted molar refractivity (Wildman–Crippen MR) is 137 cm³/mol. The summed E-state index contributed by atoms with van der Waals surface area (Å²) in [5.74, 6) is -0.613. The van der Waals surface area contributed by atoms with E-state index < -0.39 is 5.97 Å². The minimum Gasteiger partial charge on any atom is -0.484 e. The number of aryl methyl sites for hydroxylation is 1. The molecule has 3 aromatic rings. The first-order chi connectivity index (χ1) is 16.9. The fourth-order valence-corrected chi connectivity index (χ4v) is 5.24. The van der Waals surface area contributed by atoms with Crippen molar-refractivity contribution in [1.29, 1.82) is 0 Å². The normalized spacial score (nSPS) is 12.4. The molecule has 1 aliphatic rings. The van der Waals surface area contributed by atoms with Crippen molar-refractivity contribution in [3.05, 3.63) is 75.1 Å². The Hall–Kier alpha value is -3.36. The van der Waals surface area contributed by atoms with Crippen molar-refractivity contribution in [1.82, 2.24) is 0 Å². The number of fused-ring (bicyclic) bond motifs is 1. The maximum absolute atomic E-state index is 12.6. The van der Waals surface area contributed by atoms with Crippen LogP contribution in [0.4, 0.5) is 10.7 Å². The summed E-state index contributed by atoms with van der Waals surface area (Å²) in [5, 5.41) is 6.71. The molecule has 1 aliphatic carbocycles. The number of esters is 1. The van der Waals surface area contributed by atoms with E-state index in [9.17, 15) is 14.4 Å². The zero-order chi connectivity index (χ0) is 24.8. The van der Waals surface area contributed by atoms with Gasteiger partial charge in [-0.15, -0.1) is 11.3 Å². The summed E-state index contributed by atoms with van der Waals surface area (Å²) in [6.45, 7) is 1.80. The van der Waals surface area contributed by atoms with Crippen molar-refractivity contribution >= 4 is 51.4 Å².